The van der Waals surface area contributed by atoms with Crippen molar-refractivity contribution in [2.45, 2.75) is 46.1 Å². The number of aliphatic hydroxyl groups is 1. The molecule has 1 unspecified atom stereocenters. The molecule has 2 N–H and O–H groups in total. The molecule has 0 aromatic heterocycles. The maximum absolute atomic E-state index is 10.0. The number of hydrogen-bond donors (Lipinski definition) is 2. The minimum Gasteiger partial charge on any atom is -0.387 e. The molecule has 0 heterocycles. The van der Waals surface area contributed by atoms with Gasteiger partial charge in [0.05, 0.1) is 6.10 Å². The average molecular weight is 249 g/mol. The van der Waals surface area contributed by atoms with Crippen LogP contribution in [0.4, 0.5) is 0 Å². The van der Waals surface area contributed by atoms with Crippen molar-refractivity contribution in [2.24, 2.45) is 5.92 Å². The van der Waals surface area contributed by atoms with E-state index in [2.05, 4.69) is 38.2 Å². The summed E-state index contributed by atoms with van der Waals surface area (Å²) < 4.78 is 0. The number of unbranched alkanes of at least 4 members (excludes halogenated alkanes) is 1. The molecule has 2 nitrogen and oxygen atoms in total. The van der Waals surface area contributed by atoms with E-state index >= 15 is 0 Å². The molecule has 1 aromatic rings. The molecule has 0 saturated heterocycles. The van der Waals surface area contributed by atoms with E-state index in [0.717, 1.165) is 18.5 Å². The Balaban J connectivity index is 2.41. The second-order valence-corrected chi connectivity index (χ2v) is 5.41. The molecule has 0 bridgehead atoms. The summed E-state index contributed by atoms with van der Waals surface area (Å²) in [4.78, 5) is 0. The second-order valence-electron chi connectivity index (χ2n) is 5.41. The zero-order valence-electron chi connectivity index (χ0n) is 11.9. The zero-order valence-corrected chi connectivity index (χ0v) is 11.9. The zero-order chi connectivity index (χ0) is 13.4. The van der Waals surface area contributed by atoms with E-state index in [1.807, 2.05) is 12.1 Å². The molecule has 1 atom stereocenters. The Bertz CT molecular complexity index is 318. The molecule has 2 heteroatoms. The van der Waals surface area contributed by atoms with Gasteiger partial charge in [0.25, 0.3) is 0 Å². The molecule has 0 fully saturated rings. The smallest absolute Gasteiger partial charge is 0.0914 e. The van der Waals surface area contributed by atoms with E-state index < -0.39 is 6.10 Å². The molecule has 0 saturated carbocycles. The molecule has 0 aliphatic rings. The van der Waals surface area contributed by atoms with Gasteiger partial charge in [-0.2, -0.15) is 0 Å². The van der Waals surface area contributed by atoms with Gasteiger partial charge in [-0.3, -0.25) is 0 Å². The Morgan fingerprint density at radius 1 is 1.17 bits per heavy atom. The minimum absolute atomic E-state index is 0.394. The fraction of sp³-hybridized carbons (Fsp3) is 0.625. The number of rotatable bonds is 8. The molecule has 1 rings (SSSR count). The van der Waals surface area contributed by atoms with E-state index in [1.165, 1.54) is 18.4 Å². The monoisotopic (exact) mass is 249 g/mol. The summed E-state index contributed by atoms with van der Waals surface area (Å²) >= 11 is 0. The highest BCUT2D eigenvalue weighted by Gasteiger charge is 2.06. The molecule has 0 aliphatic carbocycles. The van der Waals surface area contributed by atoms with Crippen LogP contribution in [0.15, 0.2) is 24.3 Å². The van der Waals surface area contributed by atoms with E-state index in [1.54, 1.807) is 0 Å². The van der Waals surface area contributed by atoms with Crippen LogP contribution < -0.4 is 5.32 Å². The molecular formula is C16H27NO. The summed E-state index contributed by atoms with van der Waals surface area (Å²) in [5.41, 5.74) is 2.35. The summed E-state index contributed by atoms with van der Waals surface area (Å²) in [5, 5.41) is 13.3. The number of hydrogen-bond acceptors (Lipinski definition) is 2. The van der Waals surface area contributed by atoms with E-state index in [-0.39, 0.29) is 0 Å². The highest BCUT2D eigenvalue weighted by Crippen LogP contribution is 2.15. The Hall–Kier alpha value is -0.860. The Labute approximate surface area is 111 Å². The van der Waals surface area contributed by atoms with Crippen LogP contribution in [0, 0.1) is 5.92 Å². The molecular weight excluding hydrogens is 222 g/mol. The lowest BCUT2D eigenvalue weighted by molar-refractivity contribution is 0.175. The van der Waals surface area contributed by atoms with Crippen LogP contribution in [0.3, 0.4) is 0 Å². The van der Waals surface area contributed by atoms with Crippen molar-refractivity contribution in [2.75, 3.05) is 13.1 Å². The predicted molar refractivity (Wildman–Crippen MR) is 77.7 cm³/mol. The van der Waals surface area contributed by atoms with Gasteiger partial charge in [0.1, 0.15) is 0 Å². The summed E-state index contributed by atoms with van der Waals surface area (Å²) in [6.45, 7) is 8.24. The van der Waals surface area contributed by atoms with Crippen LogP contribution in [-0.4, -0.2) is 18.2 Å². The standard InChI is InChI=1S/C16H27NO/c1-4-5-10-17-12-16(18)15-8-6-14(7-9-15)11-13(2)3/h6-9,13,16-18H,4-5,10-12H2,1-3H3. The van der Waals surface area contributed by atoms with Crippen molar-refractivity contribution in [1.29, 1.82) is 0 Å². The van der Waals surface area contributed by atoms with Crippen molar-refractivity contribution in [3.05, 3.63) is 35.4 Å². The topological polar surface area (TPSA) is 32.3 Å². The van der Waals surface area contributed by atoms with Crippen molar-refractivity contribution >= 4 is 0 Å². The van der Waals surface area contributed by atoms with Gasteiger partial charge in [0.2, 0.25) is 0 Å². The molecule has 18 heavy (non-hydrogen) atoms. The summed E-state index contributed by atoms with van der Waals surface area (Å²) in [6.07, 6.45) is 3.06. The SMILES string of the molecule is CCCCNCC(O)c1ccc(CC(C)C)cc1. The van der Waals surface area contributed by atoms with E-state index in [0.29, 0.717) is 12.5 Å². The van der Waals surface area contributed by atoms with Gasteiger partial charge in [-0.15, -0.1) is 0 Å². The first-order valence-corrected chi connectivity index (χ1v) is 7.11. The largest absolute Gasteiger partial charge is 0.387 e. The molecule has 0 aliphatic heterocycles. The molecule has 0 amide bonds. The average Bonchev–Trinajstić information content (AvgIpc) is 2.34. The number of nitrogens with one attached hydrogen (secondary N) is 1. The van der Waals surface area contributed by atoms with Crippen molar-refractivity contribution in [1.82, 2.24) is 5.32 Å². The maximum Gasteiger partial charge on any atom is 0.0914 e. The summed E-state index contributed by atoms with van der Waals surface area (Å²) in [6, 6.07) is 8.35. The van der Waals surface area contributed by atoms with E-state index in [9.17, 15) is 5.11 Å². The highest BCUT2D eigenvalue weighted by atomic mass is 16.3. The first-order valence-electron chi connectivity index (χ1n) is 7.11. The van der Waals surface area contributed by atoms with Crippen LogP contribution in [0.25, 0.3) is 0 Å². The van der Waals surface area contributed by atoms with Gasteiger partial charge < -0.3 is 10.4 Å². The number of aliphatic hydroxyl groups excluding tert-OH is 1. The third-order valence-corrected chi connectivity index (χ3v) is 3.05. The first-order chi connectivity index (χ1) is 8.63. The molecule has 1 aromatic carbocycles. The van der Waals surface area contributed by atoms with Gasteiger partial charge in [0, 0.05) is 6.54 Å². The van der Waals surface area contributed by atoms with Gasteiger partial charge in [0.15, 0.2) is 0 Å². The normalized spacial score (nSPS) is 12.9. The maximum atomic E-state index is 10.0. The van der Waals surface area contributed by atoms with Gasteiger partial charge >= 0.3 is 0 Å². The fourth-order valence-electron chi connectivity index (χ4n) is 2.01. The van der Waals surface area contributed by atoms with Crippen LogP contribution in [0.1, 0.15) is 50.8 Å². The molecule has 0 spiro atoms. The minimum atomic E-state index is -0.394. The third kappa shape index (κ3) is 5.65. The van der Waals surface area contributed by atoms with Gasteiger partial charge in [-0.05, 0) is 36.4 Å². The summed E-state index contributed by atoms with van der Waals surface area (Å²) in [7, 11) is 0. The van der Waals surface area contributed by atoms with Crippen molar-refractivity contribution < 1.29 is 5.11 Å². The lowest BCUT2D eigenvalue weighted by atomic mass is 10.0. The van der Waals surface area contributed by atoms with Gasteiger partial charge in [-0.25, -0.2) is 0 Å². The Kier molecular flexibility index (Phi) is 6.99. The molecule has 0 radical (unpaired) electrons. The highest BCUT2D eigenvalue weighted by molar-refractivity contribution is 5.24. The van der Waals surface area contributed by atoms with E-state index in [4.69, 9.17) is 0 Å². The fourth-order valence-corrected chi connectivity index (χ4v) is 2.01. The summed E-state index contributed by atoms with van der Waals surface area (Å²) in [5.74, 6) is 0.677. The quantitative estimate of drug-likeness (QED) is 0.693. The van der Waals surface area contributed by atoms with Crippen molar-refractivity contribution in [3.8, 4) is 0 Å². The van der Waals surface area contributed by atoms with Crippen LogP contribution >= 0.6 is 0 Å². The Morgan fingerprint density at radius 2 is 1.83 bits per heavy atom. The lowest BCUT2D eigenvalue weighted by Gasteiger charge is -2.13. The van der Waals surface area contributed by atoms with Crippen molar-refractivity contribution in [3.63, 3.8) is 0 Å². The Morgan fingerprint density at radius 3 is 2.39 bits per heavy atom. The van der Waals surface area contributed by atoms with Crippen LogP contribution in [-0.2, 0) is 6.42 Å². The first kappa shape index (κ1) is 15.2. The lowest BCUT2D eigenvalue weighted by Crippen LogP contribution is -2.22. The molecule has 102 valence electrons. The third-order valence-electron chi connectivity index (χ3n) is 3.05. The van der Waals surface area contributed by atoms with Crippen LogP contribution in [0.2, 0.25) is 0 Å². The number of benzene rings is 1. The predicted octanol–water partition coefficient (Wildman–Crippen LogP) is 3.31. The van der Waals surface area contributed by atoms with Gasteiger partial charge in [-0.1, -0.05) is 51.5 Å². The van der Waals surface area contributed by atoms with Crippen LogP contribution in [0.5, 0.6) is 0 Å². The second kappa shape index (κ2) is 8.28.